The molecule has 0 radical (unpaired) electrons. The van der Waals surface area contributed by atoms with Crippen molar-refractivity contribution in [3.8, 4) is 11.5 Å². The van der Waals surface area contributed by atoms with Crippen molar-refractivity contribution in [1.82, 2.24) is 9.79 Å². The summed E-state index contributed by atoms with van der Waals surface area (Å²) >= 11 is 0. The molecule has 0 saturated carbocycles. The Kier molecular flexibility index (Phi) is 6.17. The zero-order chi connectivity index (χ0) is 20.3. The Balaban J connectivity index is 1.51. The van der Waals surface area contributed by atoms with Crippen LogP contribution in [0.2, 0.25) is 0 Å². The minimum Gasteiger partial charge on any atom is -0.457 e. The van der Waals surface area contributed by atoms with E-state index in [-0.39, 0.29) is 12.7 Å². The largest absolute Gasteiger partial charge is 0.457 e. The normalized spacial score (nSPS) is 25.3. The van der Waals surface area contributed by atoms with E-state index in [1.54, 1.807) is 12.1 Å². The number of hydroxylamine groups is 2. The van der Waals surface area contributed by atoms with Gasteiger partial charge in [0.2, 0.25) is 10.0 Å². The van der Waals surface area contributed by atoms with Gasteiger partial charge in [-0.25, -0.2) is 13.1 Å². The molecule has 0 bridgehead atoms. The van der Waals surface area contributed by atoms with Gasteiger partial charge in [-0.2, -0.15) is 5.06 Å². The number of nitrogens with one attached hydrogen (secondary N) is 1. The first-order valence-electron chi connectivity index (χ1n) is 9.81. The maximum Gasteiger partial charge on any atom is 0.218 e. The molecule has 3 atom stereocenters. The van der Waals surface area contributed by atoms with Crippen molar-refractivity contribution < 1.29 is 22.7 Å². The zero-order valence-electron chi connectivity index (χ0n) is 16.4. The van der Waals surface area contributed by atoms with Crippen molar-refractivity contribution in [2.24, 2.45) is 0 Å². The smallest absolute Gasteiger partial charge is 0.218 e. The maximum absolute atomic E-state index is 13.0. The van der Waals surface area contributed by atoms with Gasteiger partial charge in [0, 0.05) is 20.2 Å². The van der Waals surface area contributed by atoms with Gasteiger partial charge in [0.1, 0.15) is 16.7 Å². The summed E-state index contributed by atoms with van der Waals surface area (Å²) in [5.74, 6) is 1.38. The van der Waals surface area contributed by atoms with Crippen LogP contribution in [0.4, 0.5) is 0 Å². The summed E-state index contributed by atoms with van der Waals surface area (Å²) in [6.07, 6.45) is 1.80. The molecule has 2 aliphatic heterocycles. The van der Waals surface area contributed by atoms with Gasteiger partial charge in [-0.05, 0) is 42.7 Å². The van der Waals surface area contributed by atoms with E-state index in [0.29, 0.717) is 18.9 Å². The van der Waals surface area contributed by atoms with Crippen LogP contribution in [-0.2, 0) is 19.6 Å². The minimum atomic E-state index is -3.59. The Morgan fingerprint density at radius 3 is 2.69 bits per heavy atom. The summed E-state index contributed by atoms with van der Waals surface area (Å²) in [7, 11) is -1.83. The molecule has 0 spiro atoms. The third kappa shape index (κ3) is 4.79. The first-order chi connectivity index (χ1) is 14.0. The molecule has 1 N–H and O–H groups in total. The molecule has 156 valence electrons. The van der Waals surface area contributed by atoms with Gasteiger partial charge in [-0.3, -0.25) is 4.84 Å². The molecule has 2 saturated heterocycles. The monoisotopic (exact) mass is 418 g/mol. The third-order valence-corrected chi connectivity index (χ3v) is 7.06. The van der Waals surface area contributed by atoms with Gasteiger partial charge in [-0.15, -0.1) is 0 Å². The van der Waals surface area contributed by atoms with Crippen molar-refractivity contribution in [2.75, 3.05) is 26.8 Å². The van der Waals surface area contributed by atoms with Crippen molar-refractivity contribution >= 4 is 10.0 Å². The van der Waals surface area contributed by atoms with Crippen LogP contribution in [0.25, 0.3) is 0 Å². The first kappa shape index (κ1) is 20.3. The topological polar surface area (TPSA) is 77.1 Å². The molecule has 29 heavy (non-hydrogen) atoms. The first-order valence-corrected chi connectivity index (χ1v) is 11.4. The number of benzene rings is 2. The van der Waals surface area contributed by atoms with Gasteiger partial charge in [0.05, 0.1) is 18.8 Å². The predicted octanol–water partition coefficient (Wildman–Crippen LogP) is 2.86. The van der Waals surface area contributed by atoms with Crippen molar-refractivity contribution in [2.45, 2.75) is 30.2 Å². The molecular weight excluding hydrogens is 392 g/mol. The van der Waals surface area contributed by atoms with E-state index in [0.717, 1.165) is 24.2 Å². The highest BCUT2D eigenvalue weighted by Gasteiger charge is 2.43. The highest BCUT2D eigenvalue weighted by atomic mass is 32.2. The molecule has 2 aromatic rings. The van der Waals surface area contributed by atoms with Crippen molar-refractivity contribution in [3.63, 3.8) is 0 Å². The lowest BCUT2D eigenvalue weighted by atomic mass is 10.0. The van der Waals surface area contributed by atoms with Crippen LogP contribution >= 0.6 is 0 Å². The van der Waals surface area contributed by atoms with Gasteiger partial charge >= 0.3 is 0 Å². The summed E-state index contributed by atoms with van der Waals surface area (Å²) in [5.41, 5.74) is 0.825. The number of nitrogens with zero attached hydrogens (tertiary/aromatic N) is 1. The molecule has 8 heteroatoms. The summed E-state index contributed by atoms with van der Waals surface area (Å²) in [5, 5.41) is 0.887. The quantitative estimate of drug-likeness (QED) is 0.745. The van der Waals surface area contributed by atoms with E-state index < -0.39 is 21.3 Å². The summed E-state index contributed by atoms with van der Waals surface area (Å²) in [6.45, 7) is 1.09. The molecule has 2 heterocycles. The molecule has 0 aromatic heterocycles. The van der Waals surface area contributed by atoms with Gasteiger partial charge in [-0.1, -0.05) is 30.3 Å². The van der Waals surface area contributed by atoms with Crippen LogP contribution in [0.1, 0.15) is 24.4 Å². The summed E-state index contributed by atoms with van der Waals surface area (Å²) < 4.78 is 40.1. The molecular formula is C21H26N2O5S. The van der Waals surface area contributed by atoms with E-state index in [4.69, 9.17) is 14.3 Å². The number of hydrogen-bond donors (Lipinski definition) is 1. The average Bonchev–Trinajstić information content (AvgIpc) is 3.37. The molecule has 2 aliphatic rings. The highest BCUT2D eigenvalue weighted by molar-refractivity contribution is 7.90. The molecule has 2 fully saturated rings. The average molecular weight is 419 g/mol. The SMILES string of the molecule is CN1OC[C@H](S(=O)(=O)NC[C@H]2CCCO2)[C@@H]1c1cccc(Oc2ccccc2)c1. The minimum absolute atomic E-state index is 0.0501. The molecule has 0 unspecified atom stereocenters. The highest BCUT2D eigenvalue weighted by Crippen LogP contribution is 2.35. The zero-order valence-corrected chi connectivity index (χ0v) is 17.2. The standard InChI is InChI=1S/C21H26N2O5S/c1-23-21(16-7-5-10-18(13-16)28-17-8-3-2-4-9-17)20(15-27-23)29(24,25)22-14-19-11-6-12-26-19/h2-5,7-10,13,19-22H,6,11-12,14-15H2,1H3/t19-,20+,21+/m1/s1. The Hall–Kier alpha value is -1.97. The molecule has 4 rings (SSSR count). The van der Waals surface area contributed by atoms with Crippen LogP contribution in [0.3, 0.4) is 0 Å². The summed E-state index contributed by atoms with van der Waals surface area (Å²) in [4.78, 5) is 5.59. The van der Waals surface area contributed by atoms with Gasteiger partial charge < -0.3 is 9.47 Å². The third-order valence-electron chi connectivity index (χ3n) is 5.30. The summed E-state index contributed by atoms with van der Waals surface area (Å²) in [6, 6.07) is 16.5. The fraction of sp³-hybridized carbons (Fsp3) is 0.429. The van der Waals surface area contributed by atoms with E-state index >= 15 is 0 Å². The van der Waals surface area contributed by atoms with Crippen molar-refractivity contribution in [3.05, 3.63) is 60.2 Å². The molecule has 7 nitrogen and oxygen atoms in total. The Morgan fingerprint density at radius 1 is 1.14 bits per heavy atom. The lowest BCUT2D eigenvalue weighted by molar-refractivity contribution is -0.110. The number of sulfonamides is 1. The lowest BCUT2D eigenvalue weighted by Gasteiger charge is -2.24. The molecule has 2 aromatic carbocycles. The van der Waals surface area contributed by atoms with E-state index in [1.165, 1.54) is 0 Å². The second-order valence-electron chi connectivity index (χ2n) is 7.34. The number of para-hydroxylation sites is 1. The number of ether oxygens (including phenoxy) is 2. The van der Waals surface area contributed by atoms with E-state index in [2.05, 4.69) is 4.72 Å². The fourth-order valence-corrected chi connectivity index (χ4v) is 5.33. The van der Waals surface area contributed by atoms with Crippen LogP contribution in [-0.4, -0.2) is 51.6 Å². The van der Waals surface area contributed by atoms with Crippen molar-refractivity contribution in [1.29, 1.82) is 0 Å². The fourth-order valence-electron chi connectivity index (χ4n) is 3.79. The Morgan fingerprint density at radius 2 is 1.93 bits per heavy atom. The Labute approximate surface area is 171 Å². The second-order valence-corrected chi connectivity index (χ2v) is 9.33. The number of rotatable bonds is 7. The molecule has 0 amide bonds. The van der Waals surface area contributed by atoms with Crippen LogP contribution in [0.5, 0.6) is 11.5 Å². The van der Waals surface area contributed by atoms with E-state index in [9.17, 15) is 8.42 Å². The van der Waals surface area contributed by atoms with Crippen LogP contribution < -0.4 is 9.46 Å². The van der Waals surface area contributed by atoms with Gasteiger partial charge in [0.25, 0.3) is 0 Å². The molecule has 0 aliphatic carbocycles. The van der Waals surface area contributed by atoms with Crippen LogP contribution in [0.15, 0.2) is 54.6 Å². The maximum atomic E-state index is 13.0. The second kappa shape index (κ2) is 8.81. The lowest BCUT2D eigenvalue weighted by Crippen LogP contribution is -2.42. The van der Waals surface area contributed by atoms with Crippen LogP contribution in [0, 0.1) is 0 Å². The Bertz CT molecular complexity index is 916. The van der Waals surface area contributed by atoms with Gasteiger partial charge in [0.15, 0.2) is 0 Å². The van der Waals surface area contributed by atoms with E-state index in [1.807, 2.05) is 54.6 Å². The predicted molar refractivity (Wildman–Crippen MR) is 109 cm³/mol. The number of hydrogen-bond acceptors (Lipinski definition) is 6.